The zero-order valence-electron chi connectivity index (χ0n) is 44.5. The minimum Gasteiger partial charge on any atom is -0.368 e. The Morgan fingerprint density at radius 3 is 1.41 bits per heavy atom. The summed E-state index contributed by atoms with van der Waals surface area (Å²) in [6, 6.07) is 53.2. The maximum atomic E-state index is 5.67. The van der Waals surface area contributed by atoms with Crippen molar-refractivity contribution in [3.05, 3.63) is 179 Å². The summed E-state index contributed by atoms with van der Waals surface area (Å²) in [6.07, 6.45) is 2.15. The van der Waals surface area contributed by atoms with Gasteiger partial charge in [-0.1, -0.05) is 226 Å². The summed E-state index contributed by atoms with van der Waals surface area (Å²) in [5.41, 5.74) is 22.4. The highest BCUT2D eigenvalue weighted by atomic mass is 35.6. The average Bonchev–Trinajstić information content (AvgIpc) is 4.10. The summed E-state index contributed by atoms with van der Waals surface area (Å²) in [6.45, 7) is 34.8. The molecular formula is C60H75Cl2N3Si5. The first-order valence-electron chi connectivity index (χ1n) is 25.2. The standard InChI is InChI=1S/C21H27NSi2.C18H19NSi.C15H11N.2C3H9ClSi/c1-23(2,3)21-16-12-8-7-11-15(16)20-19(21)17-13-9-10-14-18(17)22(20)24(4,5)6;1-20(2,3)19-17-11-7-6-10-15(17)16-12-13-8-4-5-9-14(13)18(16)19;1-2-6-11-10(5-1)9-13-12-7-3-4-8-14(12)16-15(11)13;2*1-5(2,3)4/h7-14,21H,1-6H3;4-11H,12H2,1-3H3;1-8,16H,9H2;2*1-3H3. The summed E-state index contributed by atoms with van der Waals surface area (Å²) in [5.74, 6) is 0. The number of hydrogen-bond acceptors (Lipinski definition) is 0. The largest absolute Gasteiger partial charge is 0.368 e. The van der Waals surface area contributed by atoms with Crippen LogP contribution < -0.4 is 0 Å². The van der Waals surface area contributed by atoms with Crippen LogP contribution in [0.1, 0.15) is 38.9 Å². The van der Waals surface area contributed by atoms with Crippen molar-refractivity contribution in [3.63, 3.8) is 0 Å². The van der Waals surface area contributed by atoms with Crippen LogP contribution in [0.5, 0.6) is 0 Å². The molecule has 0 saturated heterocycles. The Morgan fingerprint density at radius 2 is 0.843 bits per heavy atom. The molecule has 70 heavy (non-hydrogen) atoms. The molecule has 0 radical (unpaired) electrons. The molecule has 3 aliphatic rings. The van der Waals surface area contributed by atoms with E-state index in [9.17, 15) is 0 Å². The van der Waals surface area contributed by atoms with Crippen molar-refractivity contribution >= 4 is 94.2 Å². The van der Waals surface area contributed by atoms with Gasteiger partial charge in [0.25, 0.3) is 0 Å². The van der Waals surface area contributed by atoms with Gasteiger partial charge in [0.2, 0.25) is 0 Å². The summed E-state index contributed by atoms with van der Waals surface area (Å²) < 4.78 is 5.38. The van der Waals surface area contributed by atoms with Crippen LogP contribution in [-0.2, 0) is 12.8 Å². The fraction of sp³-hybridized carbons (Fsp3) is 0.300. The number of fused-ring (bicyclic) bond motifs is 15. The van der Waals surface area contributed by atoms with Gasteiger partial charge in [0.05, 0.1) is 13.8 Å². The van der Waals surface area contributed by atoms with Crippen molar-refractivity contribution in [2.24, 2.45) is 0 Å². The van der Waals surface area contributed by atoms with Crippen LogP contribution in [-0.4, -0.2) is 52.8 Å². The predicted octanol–water partition coefficient (Wildman–Crippen LogP) is 19.1. The van der Waals surface area contributed by atoms with Crippen LogP contribution in [0.3, 0.4) is 0 Å². The van der Waals surface area contributed by atoms with Crippen molar-refractivity contribution < 1.29 is 0 Å². The molecule has 3 aromatic heterocycles. The quantitative estimate of drug-likeness (QED) is 0.135. The lowest BCUT2D eigenvalue weighted by Gasteiger charge is -2.27. The van der Waals surface area contributed by atoms with E-state index in [1.807, 2.05) is 0 Å². The molecule has 0 saturated carbocycles. The lowest BCUT2D eigenvalue weighted by atomic mass is 10.1. The van der Waals surface area contributed by atoms with Crippen molar-refractivity contribution in [2.45, 2.75) is 117 Å². The third-order valence-corrected chi connectivity index (χ3v) is 19.0. The highest BCUT2D eigenvalue weighted by molar-refractivity contribution is 7.18. The third-order valence-electron chi connectivity index (χ3n) is 13.0. The molecule has 364 valence electrons. The number of aromatic nitrogens is 3. The van der Waals surface area contributed by atoms with Gasteiger partial charge in [-0.2, -0.15) is 22.2 Å². The Hall–Kier alpha value is -4.40. The fourth-order valence-electron chi connectivity index (χ4n) is 10.8. The third kappa shape index (κ3) is 10.8. The summed E-state index contributed by atoms with van der Waals surface area (Å²) in [5, 5.41) is 4.30. The zero-order chi connectivity index (χ0) is 50.7. The van der Waals surface area contributed by atoms with Gasteiger partial charge in [0, 0.05) is 79.2 Å². The van der Waals surface area contributed by atoms with Crippen LogP contribution in [0.4, 0.5) is 0 Å². The van der Waals surface area contributed by atoms with E-state index in [4.69, 9.17) is 22.2 Å². The number of benzene rings is 6. The smallest absolute Gasteiger partial charge is 0.153 e. The van der Waals surface area contributed by atoms with Gasteiger partial charge in [-0.15, -0.1) is 0 Å². The summed E-state index contributed by atoms with van der Waals surface area (Å²) in [7, 11) is -6.65. The van der Waals surface area contributed by atoms with Gasteiger partial charge < -0.3 is 13.4 Å². The molecule has 10 heteroatoms. The molecule has 3 heterocycles. The Bertz CT molecular complexity index is 3320. The molecule has 1 atom stereocenters. The van der Waals surface area contributed by atoms with Crippen molar-refractivity contribution in [2.75, 3.05) is 0 Å². The molecule has 0 fully saturated rings. The highest BCUT2D eigenvalue weighted by Crippen LogP contribution is 2.53. The second-order valence-corrected chi connectivity index (χ2v) is 54.3. The average molecular weight is 1050 g/mol. The second-order valence-electron chi connectivity index (χ2n) is 24.3. The van der Waals surface area contributed by atoms with Crippen molar-refractivity contribution in [1.29, 1.82) is 0 Å². The maximum absolute atomic E-state index is 5.67. The van der Waals surface area contributed by atoms with Gasteiger partial charge in [-0.3, -0.25) is 0 Å². The molecular weight excluding hydrogens is 974 g/mol. The van der Waals surface area contributed by atoms with Crippen LogP contribution in [0.2, 0.25) is 98.2 Å². The number of nitrogens with one attached hydrogen (secondary N) is 1. The van der Waals surface area contributed by atoms with E-state index in [0.717, 1.165) is 12.8 Å². The fourth-order valence-corrected chi connectivity index (χ4v) is 16.8. The Balaban J connectivity index is 0.000000130. The number of rotatable bonds is 3. The van der Waals surface area contributed by atoms with Crippen molar-refractivity contribution in [1.82, 2.24) is 13.4 Å². The number of aromatic amines is 1. The first kappa shape index (κ1) is 51.9. The molecule has 1 unspecified atom stereocenters. The highest BCUT2D eigenvalue weighted by Gasteiger charge is 2.43. The van der Waals surface area contributed by atoms with Crippen molar-refractivity contribution in [3.8, 4) is 33.8 Å². The summed E-state index contributed by atoms with van der Waals surface area (Å²) >= 11 is 11.3. The minimum absolute atomic E-state index is 0.603. The molecule has 0 spiro atoms. The molecule has 9 aromatic rings. The molecule has 3 nitrogen and oxygen atoms in total. The van der Waals surface area contributed by atoms with E-state index in [1.165, 1.54) is 88.7 Å². The van der Waals surface area contributed by atoms with Gasteiger partial charge >= 0.3 is 0 Å². The van der Waals surface area contributed by atoms with E-state index in [-0.39, 0.29) is 0 Å². The van der Waals surface area contributed by atoms with E-state index in [1.54, 1.807) is 11.1 Å². The number of halogens is 2. The number of para-hydroxylation sites is 3. The molecule has 6 aromatic carbocycles. The Morgan fingerprint density at radius 1 is 0.429 bits per heavy atom. The summed E-state index contributed by atoms with van der Waals surface area (Å²) in [4.78, 5) is 3.53. The van der Waals surface area contributed by atoms with Gasteiger partial charge in [0.1, 0.15) is 14.8 Å². The van der Waals surface area contributed by atoms with Gasteiger partial charge in [-0.25, -0.2) is 0 Å². The zero-order valence-corrected chi connectivity index (χ0v) is 51.0. The SMILES string of the molecule is C[Si](C)(C)C1c2ccccc2-c2c1c1ccccc1n2[Si](C)(C)C.C[Si](C)(C)Cl.C[Si](C)(C)Cl.C[Si](C)(C)n1c2c(c3ccccc31)Cc1ccccc1-2.c1ccc2c(c1)Cc1c-2[nH]c2ccccc12. The number of H-pyrrole nitrogens is 1. The van der Waals surface area contributed by atoms with E-state index in [2.05, 4.69) is 257 Å². The number of hydrogen-bond donors (Lipinski definition) is 1. The Labute approximate surface area is 433 Å². The molecule has 3 aliphatic carbocycles. The van der Waals surface area contributed by atoms with E-state index in [0.29, 0.717) is 5.54 Å². The van der Waals surface area contributed by atoms with Crippen LogP contribution in [0.15, 0.2) is 146 Å². The van der Waals surface area contributed by atoms with E-state index < -0.39 is 39.3 Å². The van der Waals surface area contributed by atoms with Crippen LogP contribution in [0, 0.1) is 0 Å². The van der Waals surface area contributed by atoms with Gasteiger partial charge in [-0.05, 0) is 51.6 Å². The van der Waals surface area contributed by atoms with E-state index >= 15 is 0 Å². The Kier molecular flexibility index (Phi) is 14.5. The normalized spacial score (nSPS) is 14.4. The first-order chi connectivity index (χ1) is 32.7. The van der Waals surface area contributed by atoms with Gasteiger partial charge in [0.15, 0.2) is 16.5 Å². The molecule has 1 N–H and O–H groups in total. The maximum Gasteiger partial charge on any atom is 0.153 e. The lowest BCUT2D eigenvalue weighted by Crippen LogP contribution is -2.32. The second kappa shape index (κ2) is 19.6. The predicted molar refractivity (Wildman–Crippen MR) is 325 cm³/mol. The topological polar surface area (TPSA) is 25.6 Å². The molecule has 0 bridgehead atoms. The molecule has 0 aliphatic heterocycles. The van der Waals surface area contributed by atoms with Crippen LogP contribution in [0.25, 0.3) is 66.5 Å². The van der Waals surface area contributed by atoms with Crippen LogP contribution >= 0.6 is 22.2 Å². The monoisotopic (exact) mass is 1050 g/mol. The minimum atomic E-state index is -1.53. The molecule has 12 rings (SSSR count). The number of nitrogens with zero attached hydrogens (tertiary/aromatic N) is 2. The molecule has 0 amide bonds. The first-order valence-corrected chi connectivity index (χ1v) is 44.7. The lowest BCUT2D eigenvalue weighted by molar-refractivity contribution is 1.13.